The number of hydrogen-bond donors (Lipinski definition) is 1. The summed E-state index contributed by atoms with van der Waals surface area (Å²) >= 11 is 0. The predicted molar refractivity (Wildman–Crippen MR) is 161 cm³/mol. The molecule has 2 heteroatoms. The highest BCUT2D eigenvalue weighted by molar-refractivity contribution is 5.69. The molecule has 4 saturated carbocycles. The second kappa shape index (κ2) is 9.60. The molecule has 0 spiro atoms. The van der Waals surface area contributed by atoms with Gasteiger partial charge >= 0.3 is 0 Å². The summed E-state index contributed by atoms with van der Waals surface area (Å²) < 4.78 is 0. The van der Waals surface area contributed by atoms with Crippen molar-refractivity contribution in [3.63, 3.8) is 0 Å². The van der Waals surface area contributed by atoms with E-state index in [9.17, 15) is 5.11 Å². The Morgan fingerprint density at radius 2 is 1.66 bits per heavy atom. The van der Waals surface area contributed by atoms with E-state index >= 15 is 0 Å². The van der Waals surface area contributed by atoms with Gasteiger partial charge in [-0.3, -0.25) is 4.98 Å². The first kappa shape index (κ1) is 28.1. The number of aryl methyl sites for hydroxylation is 1. The Labute approximate surface area is 233 Å². The van der Waals surface area contributed by atoms with E-state index in [1.807, 2.05) is 13.1 Å². The average Bonchev–Trinajstić information content (AvgIpc) is 3.30. The van der Waals surface area contributed by atoms with Gasteiger partial charge < -0.3 is 5.11 Å². The van der Waals surface area contributed by atoms with Crippen molar-refractivity contribution >= 4 is 5.57 Å². The third-order valence-corrected chi connectivity index (χ3v) is 13.6. The molecule has 8 atom stereocenters. The molecule has 210 valence electrons. The maximum Gasteiger partial charge on any atom is 0.0664 e. The second-order valence-corrected chi connectivity index (χ2v) is 15.4. The van der Waals surface area contributed by atoms with Crippen LogP contribution in [0.1, 0.15) is 117 Å². The molecule has 0 bridgehead atoms. The summed E-state index contributed by atoms with van der Waals surface area (Å²) in [7, 11) is 0. The molecular formula is C36H55NO. The van der Waals surface area contributed by atoms with Gasteiger partial charge in [-0.15, -0.1) is 6.58 Å². The van der Waals surface area contributed by atoms with Crippen LogP contribution in [-0.4, -0.2) is 16.7 Å². The lowest BCUT2D eigenvalue weighted by Gasteiger charge is -2.72. The third kappa shape index (κ3) is 3.78. The van der Waals surface area contributed by atoms with Gasteiger partial charge in [-0.05, 0) is 140 Å². The standard InChI is InChI=1S/C33H49NO.C3H6/c1-22-9-11-26(34-20-22)25-13-16-30(4)27(29(25,2)3)14-17-32(6)28(30)12-10-23-24-8-7-15-33(24,21-35)19-18-31(23,32)5;1-3-2/h9,11,13,20,23-24,27-28,35H,7-8,10,12,14-19,21H2,1-6H3;3H,1H2,2H3/t23?,24?,27?,28?,30?,31-,32?,33?;/m1./s1. The normalized spacial score (nSPS) is 44.8. The first-order valence-electron chi connectivity index (χ1n) is 15.7. The minimum absolute atomic E-state index is 0.151. The number of nitrogens with zero attached hydrogens (tertiary/aromatic N) is 1. The molecular weight excluding hydrogens is 462 g/mol. The molecule has 0 amide bonds. The number of rotatable bonds is 2. The lowest BCUT2D eigenvalue weighted by molar-refractivity contribution is -0.225. The Morgan fingerprint density at radius 1 is 0.921 bits per heavy atom. The molecule has 4 fully saturated rings. The molecule has 1 N–H and O–H groups in total. The highest BCUT2D eigenvalue weighted by Gasteiger charge is 2.69. The molecule has 6 rings (SSSR count). The first-order valence-corrected chi connectivity index (χ1v) is 15.7. The number of pyridine rings is 1. The maximum atomic E-state index is 10.5. The lowest BCUT2D eigenvalue weighted by Crippen LogP contribution is -2.65. The third-order valence-electron chi connectivity index (χ3n) is 13.6. The Bertz CT molecular complexity index is 1070. The van der Waals surface area contributed by atoms with Gasteiger partial charge in [0.25, 0.3) is 0 Å². The Kier molecular flexibility index (Phi) is 7.11. The van der Waals surface area contributed by atoms with E-state index in [0.717, 1.165) is 17.8 Å². The molecule has 1 aromatic rings. The lowest BCUT2D eigenvalue weighted by atomic mass is 9.33. The average molecular weight is 518 g/mol. The number of allylic oxidation sites excluding steroid dienone is 3. The zero-order valence-corrected chi connectivity index (χ0v) is 25.6. The molecule has 5 aliphatic rings. The highest BCUT2D eigenvalue weighted by Crippen LogP contribution is 2.76. The molecule has 2 nitrogen and oxygen atoms in total. The monoisotopic (exact) mass is 517 g/mol. The predicted octanol–water partition coefficient (Wildman–Crippen LogP) is 9.42. The smallest absolute Gasteiger partial charge is 0.0664 e. The van der Waals surface area contributed by atoms with Crippen LogP contribution < -0.4 is 0 Å². The van der Waals surface area contributed by atoms with E-state index in [1.165, 1.54) is 81.0 Å². The van der Waals surface area contributed by atoms with Crippen LogP contribution in [0.2, 0.25) is 0 Å². The van der Waals surface area contributed by atoms with Crippen molar-refractivity contribution in [1.29, 1.82) is 0 Å². The molecule has 38 heavy (non-hydrogen) atoms. The molecule has 0 aromatic carbocycles. The van der Waals surface area contributed by atoms with Crippen LogP contribution in [0.25, 0.3) is 5.57 Å². The molecule has 1 heterocycles. The SMILES string of the molecule is C=CC.Cc1ccc(C2=CCC3(C)C(CCC4(C)C3CCC3C5CCCC5(CO)CC[C@]34C)C2(C)C)nc1. The van der Waals surface area contributed by atoms with Crippen molar-refractivity contribution in [3.05, 3.63) is 48.3 Å². The Morgan fingerprint density at radius 3 is 2.32 bits per heavy atom. The van der Waals surface area contributed by atoms with Crippen LogP contribution in [0.15, 0.2) is 37.1 Å². The van der Waals surface area contributed by atoms with Crippen molar-refractivity contribution in [2.24, 2.45) is 50.7 Å². The minimum atomic E-state index is 0.151. The fourth-order valence-corrected chi connectivity index (χ4v) is 11.6. The van der Waals surface area contributed by atoms with Gasteiger partial charge in [0.1, 0.15) is 0 Å². The van der Waals surface area contributed by atoms with Crippen LogP contribution in [0.3, 0.4) is 0 Å². The molecule has 0 saturated heterocycles. The van der Waals surface area contributed by atoms with Gasteiger partial charge in [-0.2, -0.15) is 0 Å². The van der Waals surface area contributed by atoms with E-state index in [0.29, 0.717) is 28.8 Å². The topological polar surface area (TPSA) is 33.1 Å². The van der Waals surface area contributed by atoms with E-state index < -0.39 is 0 Å². The summed E-state index contributed by atoms with van der Waals surface area (Å²) in [6.45, 7) is 21.0. The zero-order valence-electron chi connectivity index (χ0n) is 25.6. The van der Waals surface area contributed by atoms with Crippen LogP contribution in [0.4, 0.5) is 0 Å². The van der Waals surface area contributed by atoms with E-state index in [-0.39, 0.29) is 10.8 Å². The fourth-order valence-electron chi connectivity index (χ4n) is 11.6. The molecule has 1 aromatic heterocycles. The maximum absolute atomic E-state index is 10.5. The van der Waals surface area contributed by atoms with Crippen molar-refractivity contribution < 1.29 is 5.11 Å². The van der Waals surface area contributed by atoms with Crippen molar-refractivity contribution in [1.82, 2.24) is 4.98 Å². The molecule has 7 unspecified atom stereocenters. The van der Waals surface area contributed by atoms with Crippen molar-refractivity contribution in [2.75, 3.05) is 6.61 Å². The minimum Gasteiger partial charge on any atom is -0.396 e. The van der Waals surface area contributed by atoms with Gasteiger partial charge in [-0.25, -0.2) is 0 Å². The van der Waals surface area contributed by atoms with Gasteiger partial charge in [0.05, 0.1) is 5.69 Å². The summed E-state index contributed by atoms with van der Waals surface area (Å²) in [5.41, 5.74) is 5.52. The summed E-state index contributed by atoms with van der Waals surface area (Å²) in [6.07, 6.45) is 19.7. The zero-order chi connectivity index (χ0) is 27.6. The molecule has 5 aliphatic carbocycles. The summed E-state index contributed by atoms with van der Waals surface area (Å²) in [6, 6.07) is 4.48. The highest BCUT2D eigenvalue weighted by atomic mass is 16.3. The fraction of sp³-hybridized carbons (Fsp3) is 0.750. The van der Waals surface area contributed by atoms with E-state index in [1.54, 1.807) is 6.08 Å². The molecule has 0 aliphatic heterocycles. The van der Waals surface area contributed by atoms with E-state index in [2.05, 4.69) is 66.3 Å². The summed E-state index contributed by atoms with van der Waals surface area (Å²) in [5.74, 6) is 3.08. The van der Waals surface area contributed by atoms with Crippen LogP contribution in [0, 0.1) is 57.7 Å². The van der Waals surface area contributed by atoms with Gasteiger partial charge in [0, 0.05) is 12.8 Å². The summed E-state index contributed by atoms with van der Waals surface area (Å²) in [5, 5.41) is 10.5. The first-order chi connectivity index (χ1) is 17.9. The van der Waals surface area contributed by atoms with Crippen molar-refractivity contribution in [2.45, 2.75) is 113 Å². The van der Waals surface area contributed by atoms with Crippen LogP contribution >= 0.6 is 0 Å². The largest absolute Gasteiger partial charge is 0.396 e. The Hall–Kier alpha value is -1.41. The van der Waals surface area contributed by atoms with Crippen LogP contribution in [-0.2, 0) is 0 Å². The second-order valence-electron chi connectivity index (χ2n) is 15.4. The number of aliphatic hydroxyl groups excluding tert-OH is 1. The molecule has 0 radical (unpaired) electrons. The quantitative estimate of drug-likeness (QED) is 0.396. The van der Waals surface area contributed by atoms with Crippen LogP contribution in [0.5, 0.6) is 0 Å². The Balaban J connectivity index is 0.000000937. The van der Waals surface area contributed by atoms with Crippen molar-refractivity contribution in [3.8, 4) is 0 Å². The number of hydrogen-bond acceptors (Lipinski definition) is 2. The van der Waals surface area contributed by atoms with Gasteiger partial charge in [0.15, 0.2) is 0 Å². The van der Waals surface area contributed by atoms with Gasteiger partial charge in [-0.1, -0.05) is 59.3 Å². The van der Waals surface area contributed by atoms with Gasteiger partial charge in [0.2, 0.25) is 0 Å². The number of aliphatic hydroxyl groups is 1. The summed E-state index contributed by atoms with van der Waals surface area (Å²) in [4.78, 5) is 4.87. The number of aromatic nitrogens is 1. The van der Waals surface area contributed by atoms with E-state index in [4.69, 9.17) is 4.98 Å². The number of fused-ring (bicyclic) bond motifs is 7.